The van der Waals surface area contributed by atoms with Crippen LogP contribution in [0.1, 0.15) is 29.5 Å². The minimum Gasteiger partial charge on any atom is -0.262 e. The predicted octanol–water partition coefficient (Wildman–Crippen LogP) is 4.90. The Hall–Kier alpha value is -2.43. The Bertz CT molecular complexity index is 1010. The number of hydrogen-bond acceptors (Lipinski definition) is 3. The summed E-state index contributed by atoms with van der Waals surface area (Å²) >= 11 is 0. The van der Waals surface area contributed by atoms with Gasteiger partial charge in [-0.15, -0.1) is 0 Å². The van der Waals surface area contributed by atoms with E-state index >= 15 is 0 Å². The van der Waals surface area contributed by atoms with Gasteiger partial charge in [0.1, 0.15) is 0 Å². The van der Waals surface area contributed by atoms with Crippen LogP contribution in [0, 0.1) is 6.92 Å². The van der Waals surface area contributed by atoms with Crippen molar-refractivity contribution in [2.24, 2.45) is 0 Å². The summed E-state index contributed by atoms with van der Waals surface area (Å²) in [6, 6.07) is 23.0. The lowest BCUT2D eigenvalue weighted by atomic mass is 9.92. The second-order valence-electron chi connectivity index (χ2n) is 6.72. The van der Waals surface area contributed by atoms with Crippen LogP contribution in [-0.4, -0.2) is 14.5 Å². The smallest absolute Gasteiger partial charge is 0.262 e. The first-order chi connectivity index (χ1) is 12.5. The molecule has 3 nitrogen and oxygen atoms in total. The minimum atomic E-state index is -3.82. The van der Waals surface area contributed by atoms with Gasteiger partial charge in [-0.2, -0.15) is 8.42 Å². The highest BCUT2D eigenvalue weighted by Crippen LogP contribution is 2.47. The summed E-state index contributed by atoms with van der Waals surface area (Å²) in [5.41, 5.74) is 5.53. The lowest BCUT2D eigenvalue weighted by Gasteiger charge is -2.22. The molecule has 1 aliphatic carbocycles. The van der Waals surface area contributed by atoms with Gasteiger partial charge < -0.3 is 0 Å². The highest BCUT2D eigenvalue weighted by atomic mass is 32.2. The van der Waals surface area contributed by atoms with Crippen LogP contribution in [0.15, 0.2) is 77.7 Å². The van der Waals surface area contributed by atoms with Crippen LogP contribution in [-0.2, 0) is 14.3 Å². The molecular weight excluding hydrogens is 344 g/mol. The minimum absolute atomic E-state index is 0.109. The molecule has 0 aromatic heterocycles. The summed E-state index contributed by atoms with van der Waals surface area (Å²) in [7, 11) is -3.82. The predicted molar refractivity (Wildman–Crippen MR) is 103 cm³/mol. The first kappa shape index (κ1) is 17.0. The summed E-state index contributed by atoms with van der Waals surface area (Å²) in [5.74, 6) is -0.109. The largest absolute Gasteiger partial charge is 0.297 e. The van der Waals surface area contributed by atoms with Crippen molar-refractivity contribution in [1.29, 1.82) is 0 Å². The van der Waals surface area contributed by atoms with Crippen LogP contribution in [0.25, 0.3) is 11.1 Å². The van der Waals surface area contributed by atoms with Gasteiger partial charge in [-0.05, 0) is 48.2 Å². The van der Waals surface area contributed by atoms with Crippen LogP contribution in [0.4, 0.5) is 0 Å². The zero-order valence-electron chi connectivity index (χ0n) is 14.7. The molecule has 0 fully saturated rings. The number of fused-ring (bicyclic) bond motifs is 3. The maximum Gasteiger partial charge on any atom is 0.297 e. The molecule has 0 radical (unpaired) electrons. The van der Waals surface area contributed by atoms with E-state index in [9.17, 15) is 8.42 Å². The maximum absolute atomic E-state index is 12.7. The Labute approximate surface area is 154 Å². The van der Waals surface area contributed by atoms with Crippen molar-refractivity contribution in [1.82, 2.24) is 0 Å². The maximum atomic E-state index is 12.7. The Kier molecular flexibility index (Phi) is 4.17. The Morgan fingerprint density at radius 1 is 0.808 bits per heavy atom. The molecule has 0 saturated heterocycles. The third-order valence-electron chi connectivity index (χ3n) is 4.94. The standard InChI is InChI=1S/C22H20O3S/c1-15-11-13-17(14-12-15)26(23,24)25-16(2)22-20-9-5-3-7-18(20)19-8-4-6-10-21(19)22/h3-14,16,22H,1-2H3/t16-/m1/s1. The summed E-state index contributed by atoms with van der Waals surface area (Å²) in [4.78, 5) is 0.189. The number of rotatable bonds is 4. The average Bonchev–Trinajstić information content (AvgIpc) is 2.96. The van der Waals surface area contributed by atoms with Gasteiger partial charge in [0.2, 0.25) is 0 Å². The SMILES string of the molecule is Cc1ccc(S(=O)(=O)O[C@H](C)C2c3ccccc3-c3ccccc32)cc1. The van der Waals surface area contributed by atoms with Crippen LogP contribution in [0.2, 0.25) is 0 Å². The fraction of sp³-hybridized carbons (Fsp3) is 0.182. The van der Waals surface area contributed by atoms with Crippen molar-refractivity contribution in [3.63, 3.8) is 0 Å². The van der Waals surface area contributed by atoms with E-state index in [1.807, 2.05) is 38.1 Å². The van der Waals surface area contributed by atoms with Crippen LogP contribution in [0.5, 0.6) is 0 Å². The average molecular weight is 364 g/mol. The molecule has 0 N–H and O–H groups in total. The van der Waals surface area contributed by atoms with Crippen molar-refractivity contribution in [3.8, 4) is 11.1 Å². The van der Waals surface area contributed by atoms with Crippen molar-refractivity contribution < 1.29 is 12.6 Å². The molecule has 3 aromatic carbocycles. The van der Waals surface area contributed by atoms with E-state index in [2.05, 4.69) is 24.3 Å². The second-order valence-corrected chi connectivity index (χ2v) is 8.29. The van der Waals surface area contributed by atoms with Gasteiger partial charge in [0, 0.05) is 5.92 Å². The molecule has 0 spiro atoms. The van der Waals surface area contributed by atoms with Gasteiger partial charge in [0.25, 0.3) is 10.1 Å². The fourth-order valence-corrected chi connectivity index (χ4v) is 4.81. The summed E-state index contributed by atoms with van der Waals surface area (Å²) in [6.45, 7) is 3.75. The Morgan fingerprint density at radius 3 is 1.85 bits per heavy atom. The van der Waals surface area contributed by atoms with E-state index in [-0.39, 0.29) is 10.8 Å². The second kappa shape index (κ2) is 6.38. The van der Waals surface area contributed by atoms with Gasteiger partial charge in [0.15, 0.2) is 0 Å². The topological polar surface area (TPSA) is 43.4 Å². The monoisotopic (exact) mass is 364 g/mol. The third kappa shape index (κ3) is 2.85. The molecule has 4 rings (SSSR count). The molecule has 0 aliphatic heterocycles. The third-order valence-corrected chi connectivity index (χ3v) is 6.35. The summed E-state index contributed by atoms with van der Waals surface area (Å²) < 4.78 is 31.1. The zero-order chi connectivity index (χ0) is 18.3. The van der Waals surface area contributed by atoms with Crippen molar-refractivity contribution in [2.75, 3.05) is 0 Å². The van der Waals surface area contributed by atoms with E-state index < -0.39 is 16.2 Å². The van der Waals surface area contributed by atoms with Gasteiger partial charge in [0.05, 0.1) is 11.0 Å². The number of benzene rings is 3. The van der Waals surface area contributed by atoms with Crippen LogP contribution < -0.4 is 0 Å². The Balaban J connectivity index is 1.70. The van der Waals surface area contributed by atoms with Crippen molar-refractivity contribution in [3.05, 3.63) is 89.5 Å². The molecule has 1 atom stereocenters. The highest BCUT2D eigenvalue weighted by Gasteiger charge is 2.35. The zero-order valence-corrected chi connectivity index (χ0v) is 15.5. The quantitative estimate of drug-likeness (QED) is 0.618. The normalized spacial score (nSPS) is 14.7. The number of aryl methyl sites for hydroxylation is 1. The van der Waals surface area contributed by atoms with E-state index in [0.717, 1.165) is 27.8 Å². The molecule has 1 aliphatic rings. The molecule has 26 heavy (non-hydrogen) atoms. The first-order valence-electron chi connectivity index (χ1n) is 8.65. The first-order valence-corrected chi connectivity index (χ1v) is 10.1. The van der Waals surface area contributed by atoms with E-state index in [4.69, 9.17) is 4.18 Å². The van der Waals surface area contributed by atoms with Gasteiger partial charge >= 0.3 is 0 Å². The van der Waals surface area contributed by atoms with E-state index in [1.165, 1.54) is 0 Å². The molecule has 132 valence electrons. The van der Waals surface area contributed by atoms with E-state index in [1.54, 1.807) is 24.3 Å². The van der Waals surface area contributed by atoms with E-state index in [0.29, 0.717) is 0 Å². The lowest BCUT2D eigenvalue weighted by molar-refractivity contribution is 0.212. The van der Waals surface area contributed by atoms with Gasteiger partial charge in [-0.3, -0.25) is 4.18 Å². The van der Waals surface area contributed by atoms with Crippen LogP contribution in [0.3, 0.4) is 0 Å². The lowest BCUT2D eigenvalue weighted by Crippen LogP contribution is -2.22. The molecule has 0 saturated carbocycles. The molecule has 4 heteroatoms. The molecular formula is C22H20O3S. The molecule has 0 bridgehead atoms. The molecule has 3 aromatic rings. The van der Waals surface area contributed by atoms with Gasteiger partial charge in [-0.1, -0.05) is 66.2 Å². The summed E-state index contributed by atoms with van der Waals surface area (Å²) in [5, 5.41) is 0. The molecule has 0 unspecified atom stereocenters. The number of hydrogen-bond donors (Lipinski definition) is 0. The van der Waals surface area contributed by atoms with Crippen LogP contribution >= 0.6 is 0 Å². The van der Waals surface area contributed by atoms with Gasteiger partial charge in [-0.25, -0.2) is 0 Å². The molecule has 0 amide bonds. The Morgan fingerprint density at radius 2 is 1.31 bits per heavy atom. The summed E-state index contributed by atoms with van der Waals surface area (Å²) in [6.07, 6.45) is -0.508. The van der Waals surface area contributed by atoms with Crippen molar-refractivity contribution >= 4 is 10.1 Å². The highest BCUT2D eigenvalue weighted by molar-refractivity contribution is 7.86. The van der Waals surface area contributed by atoms with Crippen molar-refractivity contribution in [2.45, 2.75) is 30.8 Å². The molecule has 0 heterocycles. The fourth-order valence-electron chi connectivity index (χ4n) is 3.72.